The number of anilines is 3. The number of carbonyl (C=O) groups excluding carboxylic acids is 2. The van der Waals surface area contributed by atoms with Gasteiger partial charge in [-0.1, -0.05) is 17.4 Å². The van der Waals surface area contributed by atoms with Gasteiger partial charge in [-0.15, -0.1) is 10.2 Å². The lowest BCUT2D eigenvalue weighted by Gasteiger charge is -2.05. The molecule has 0 atom stereocenters. The molecule has 0 saturated carbocycles. The first-order valence-corrected chi connectivity index (χ1v) is 9.96. The van der Waals surface area contributed by atoms with E-state index in [4.69, 9.17) is 4.74 Å². The first kappa shape index (κ1) is 19.8. The molecule has 0 fully saturated rings. The maximum Gasteiger partial charge on any atom is 0.339 e. The minimum atomic E-state index is -0.393. The van der Waals surface area contributed by atoms with E-state index >= 15 is 0 Å². The summed E-state index contributed by atoms with van der Waals surface area (Å²) >= 11 is 2.72. The number of carbonyl (C=O) groups is 2. The van der Waals surface area contributed by atoms with Crippen molar-refractivity contribution in [2.24, 2.45) is 0 Å². The molecule has 1 amide bonds. The average Bonchev–Trinajstić information content (AvgIpc) is 3.09. The van der Waals surface area contributed by atoms with Crippen LogP contribution in [0.4, 0.5) is 16.5 Å². The van der Waals surface area contributed by atoms with Crippen molar-refractivity contribution in [2.45, 2.75) is 23.2 Å². The zero-order valence-electron chi connectivity index (χ0n) is 15.1. The topological polar surface area (TPSA) is 106 Å². The van der Waals surface area contributed by atoms with Crippen LogP contribution in [0.2, 0.25) is 0 Å². The molecule has 8 nitrogen and oxygen atoms in total. The molecule has 28 heavy (non-hydrogen) atoms. The van der Waals surface area contributed by atoms with Gasteiger partial charge in [0.05, 0.1) is 12.2 Å². The molecule has 3 aromatic rings. The number of amides is 1. The summed E-state index contributed by atoms with van der Waals surface area (Å²) in [7, 11) is 0. The summed E-state index contributed by atoms with van der Waals surface area (Å²) in [5.74, 6) is -0.524. The highest BCUT2D eigenvalue weighted by Gasteiger charge is 2.10. The van der Waals surface area contributed by atoms with E-state index in [2.05, 4.69) is 25.8 Å². The van der Waals surface area contributed by atoms with Gasteiger partial charge >= 0.3 is 5.97 Å². The fourth-order valence-electron chi connectivity index (χ4n) is 2.17. The second kappa shape index (κ2) is 9.29. The summed E-state index contributed by atoms with van der Waals surface area (Å²) in [6, 6.07) is 10.7. The number of hydrogen-bond acceptors (Lipinski definition) is 9. The first-order chi connectivity index (χ1) is 13.5. The van der Waals surface area contributed by atoms with Gasteiger partial charge in [-0.05, 0) is 49.0 Å². The molecule has 0 aliphatic rings. The molecular formula is C18H17N5O3S2. The molecule has 1 aromatic carbocycles. The van der Waals surface area contributed by atoms with Gasteiger partial charge in [0.25, 0.3) is 0 Å². The van der Waals surface area contributed by atoms with Crippen molar-refractivity contribution in [1.29, 1.82) is 0 Å². The van der Waals surface area contributed by atoms with Crippen LogP contribution in [0, 0.1) is 0 Å². The third-order valence-electron chi connectivity index (χ3n) is 3.28. The summed E-state index contributed by atoms with van der Waals surface area (Å²) in [4.78, 5) is 27.1. The molecule has 0 unspecified atom stereocenters. The van der Waals surface area contributed by atoms with Crippen LogP contribution in [0.5, 0.6) is 0 Å². The molecule has 3 rings (SSSR count). The number of hydrogen-bond donors (Lipinski definition) is 2. The fraction of sp³-hybridized carbons (Fsp3) is 0.167. The van der Waals surface area contributed by atoms with Gasteiger partial charge in [-0.3, -0.25) is 4.79 Å². The third kappa shape index (κ3) is 5.51. The Morgan fingerprint density at radius 3 is 2.71 bits per heavy atom. The molecule has 2 N–H and O–H groups in total. The van der Waals surface area contributed by atoms with Crippen molar-refractivity contribution in [3.05, 3.63) is 48.2 Å². The maximum absolute atomic E-state index is 11.7. The Hall–Kier alpha value is -2.98. The predicted octanol–water partition coefficient (Wildman–Crippen LogP) is 3.96. The van der Waals surface area contributed by atoms with Crippen LogP contribution >= 0.6 is 23.1 Å². The number of esters is 1. The van der Waals surface area contributed by atoms with Crippen molar-refractivity contribution in [1.82, 2.24) is 15.2 Å². The number of rotatable bonds is 7. The van der Waals surface area contributed by atoms with Crippen molar-refractivity contribution in [3.63, 3.8) is 0 Å². The first-order valence-electron chi connectivity index (χ1n) is 8.32. The lowest BCUT2D eigenvalue weighted by Crippen LogP contribution is -2.05. The highest BCUT2D eigenvalue weighted by atomic mass is 32.2. The maximum atomic E-state index is 11.7. The Morgan fingerprint density at radius 2 is 2.00 bits per heavy atom. The minimum absolute atomic E-state index is 0.131. The minimum Gasteiger partial charge on any atom is -0.462 e. The monoisotopic (exact) mass is 415 g/mol. The van der Waals surface area contributed by atoms with Crippen molar-refractivity contribution in [2.75, 3.05) is 17.2 Å². The summed E-state index contributed by atoms with van der Waals surface area (Å²) in [6.07, 6.45) is 1.48. The van der Waals surface area contributed by atoms with Gasteiger partial charge in [0.15, 0.2) is 4.34 Å². The SMILES string of the molecule is CCOC(=O)c1ccc(Sc2nnc(Nc3cccc(NC(C)=O)c3)s2)nc1. The largest absolute Gasteiger partial charge is 0.462 e. The van der Waals surface area contributed by atoms with Gasteiger partial charge in [0.1, 0.15) is 5.03 Å². The van der Waals surface area contributed by atoms with Crippen LogP contribution in [0.25, 0.3) is 0 Å². The molecule has 0 bridgehead atoms. The van der Waals surface area contributed by atoms with Crippen molar-refractivity contribution < 1.29 is 14.3 Å². The fourth-order valence-corrected chi connectivity index (χ4v) is 3.83. The molecule has 0 saturated heterocycles. The number of nitrogens with one attached hydrogen (secondary N) is 2. The quantitative estimate of drug-likeness (QED) is 0.559. The standard InChI is InChI=1S/C18H17N5O3S2/c1-3-26-16(25)12-7-8-15(19-10-12)27-18-23-22-17(28-18)21-14-6-4-5-13(9-14)20-11(2)24/h4-10H,3H2,1-2H3,(H,20,24)(H,21,22). The molecule has 2 heterocycles. The zero-order valence-corrected chi connectivity index (χ0v) is 16.8. The van der Waals surface area contributed by atoms with E-state index in [0.29, 0.717) is 32.4 Å². The smallest absolute Gasteiger partial charge is 0.339 e. The number of benzene rings is 1. The predicted molar refractivity (Wildman–Crippen MR) is 108 cm³/mol. The second-order valence-electron chi connectivity index (χ2n) is 5.47. The average molecular weight is 416 g/mol. The molecule has 0 aliphatic carbocycles. The van der Waals surface area contributed by atoms with E-state index in [0.717, 1.165) is 5.69 Å². The molecule has 10 heteroatoms. The lowest BCUT2D eigenvalue weighted by atomic mass is 10.3. The lowest BCUT2D eigenvalue weighted by molar-refractivity contribution is -0.114. The highest BCUT2D eigenvalue weighted by Crippen LogP contribution is 2.32. The van der Waals surface area contributed by atoms with E-state index in [9.17, 15) is 9.59 Å². The Kier molecular flexibility index (Phi) is 6.56. The van der Waals surface area contributed by atoms with Crippen LogP contribution in [-0.4, -0.2) is 33.7 Å². The second-order valence-corrected chi connectivity index (χ2v) is 7.71. The normalized spacial score (nSPS) is 10.4. The van der Waals surface area contributed by atoms with Crippen LogP contribution in [-0.2, 0) is 9.53 Å². The zero-order chi connectivity index (χ0) is 19.9. The van der Waals surface area contributed by atoms with E-state index < -0.39 is 5.97 Å². The molecule has 144 valence electrons. The summed E-state index contributed by atoms with van der Waals surface area (Å²) in [5, 5.41) is 15.5. The Balaban J connectivity index is 1.63. The van der Waals surface area contributed by atoms with Crippen molar-refractivity contribution in [3.8, 4) is 0 Å². The van der Waals surface area contributed by atoms with Gasteiger partial charge in [0.2, 0.25) is 11.0 Å². The van der Waals surface area contributed by atoms with E-state index in [-0.39, 0.29) is 5.91 Å². The van der Waals surface area contributed by atoms with Gasteiger partial charge in [0, 0.05) is 24.5 Å². The molecular weight excluding hydrogens is 398 g/mol. The third-order valence-corrected chi connectivity index (χ3v) is 5.12. The van der Waals surface area contributed by atoms with Gasteiger partial charge < -0.3 is 15.4 Å². The molecule has 2 aromatic heterocycles. The number of aromatic nitrogens is 3. The Morgan fingerprint density at radius 1 is 1.18 bits per heavy atom. The van der Waals surface area contributed by atoms with Crippen LogP contribution in [0.15, 0.2) is 52.0 Å². The highest BCUT2D eigenvalue weighted by molar-refractivity contribution is 8.01. The summed E-state index contributed by atoms with van der Waals surface area (Å²) < 4.78 is 5.64. The number of nitrogens with zero attached hydrogens (tertiary/aromatic N) is 3. The Bertz CT molecular complexity index is 975. The molecule has 0 spiro atoms. The summed E-state index contributed by atoms with van der Waals surface area (Å²) in [5.41, 5.74) is 1.89. The van der Waals surface area contributed by atoms with E-state index in [1.807, 2.05) is 18.2 Å². The van der Waals surface area contributed by atoms with Gasteiger partial charge in [-0.25, -0.2) is 9.78 Å². The number of ether oxygens (including phenoxy) is 1. The van der Waals surface area contributed by atoms with Crippen LogP contribution in [0.1, 0.15) is 24.2 Å². The van der Waals surface area contributed by atoms with E-state index in [1.54, 1.807) is 25.1 Å². The van der Waals surface area contributed by atoms with Gasteiger partial charge in [-0.2, -0.15) is 0 Å². The van der Waals surface area contributed by atoms with E-state index in [1.165, 1.54) is 36.2 Å². The van der Waals surface area contributed by atoms with Crippen molar-refractivity contribution >= 4 is 51.5 Å². The van der Waals surface area contributed by atoms with Crippen LogP contribution < -0.4 is 10.6 Å². The Labute approximate surface area is 169 Å². The molecule has 0 radical (unpaired) electrons. The summed E-state index contributed by atoms with van der Waals surface area (Å²) in [6.45, 7) is 3.54. The molecule has 0 aliphatic heterocycles. The van der Waals surface area contributed by atoms with Crippen LogP contribution in [0.3, 0.4) is 0 Å². The number of pyridine rings is 1.